The molecule has 162 valence electrons. The van der Waals surface area contributed by atoms with Crippen LogP contribution in [0.1, 0.15) is 30.5 Å². The van der Waals surface area contributed by atoms with Crippen molar-refractivity contribution < 1.29 is 14.4 Å². The van der Waals surface area contributed by atoms with Crippen molar-refractivity contribution >= 4 is 17.5 Å². The zero-order valence-electron chi connectivity index (χ0n) is 18.2. The highest BCUT2D eigenvalue weighted by Gasteiger charge is 2.59. The molecule has 0 radical (unpaired) electrons. The van der Waals surface area contributed by atoms with Gasteiger partial charge < -0.3 is 14.4 Å². The molecule has 0 fully saturated rings. The summed E-state index contributed by atoms with van der Waals surface area (Å²) in [5, 5.41) is 11.4. The predicted molar refractivity (Wildman–Crippen MR) is 124 cm³/mol. The maximum atomic E-state index is 11.4. The van der Waals surface area contributed by atoms with Crippen LogP contribution in [-0.2, 0) is 12.0 Å². The zero-order chi connectivity index (χ0) is 22.5. The Labute approximate surface area is 186 Å². The van der Waals surface area contributed by atoms with Gasteiger partial charge in [-0.05, 0) is 43.2 Å². The first kappa shape index (κ1) is 20.1. The van der Waals surface area contributed by atoms with Gasteiger partial charge in [0.15, 0.2) is 11.5 Å². The molecule has 0 amide bonds. The van der Waals surface area contributed by atoms with Gasteiger partial charge in [0.25, 0.3) is 5.69 Å². The van der Waals surface area contributed by atoms with Crippen LogP contribution in [0.5, 0.6) is 11.5 Å². The van der Waals surface area contributed by atoms with E-state index in [9.17, 15) is 10.1 Å². The van der Waals surface area contributed by atoms with Gasteiger partial charge in [0.1, 0.15) is 0 Å². The summed E-state index contributed by atoms with van der Waals surface area (Å²) in [7, 11) is 1.50. The molecule has 0 saturated carbocycles. The number of benzene rings is 3. The largest absolute Gasteiger partial charge is 0.493 e. The molecule has 0 N–H and O–H groups in total. The molecule has 0 saturated heterocycles. The summed E-state index contributed by atoms with van der Waals surface area (Å²) in [4.78, 5) is 13.2. The van der Waals surface area contributed by atoms with Gasteiger partial charge in [0.2, 0.25) is 5.72 Å². The number of nitro groups is 1. The van der Waals surface area contributed by atoms with Crippen LogP contribution in [0.2, 0.25) is 0 Å². The van der Waals surface area contributed by atoms with E-state index in [1.54, 1.807) is 0 Å². The molecule has 2 aliphatic heterocycles. The summed E-state index contributed by atoms with van der Waals surface area (Å²) in [6.45, 7) is 4.99. The number of para-hydroxylation sites is 1. The maximum absolute atomic E-state index is 11.4. The van der Waals surface area contributed by atoms with Crippen molar-refractivity contribution in [1.82, 2.24) is 0 Å². The Hall–Kier alpha value is -3.80. The molecule has 6 heteroatoms. The Morgan fingerprint density at radius 1 is 1.06 bits per heavy atom. The third kappa shape index (κ3) is 2.79. The van der Waals surface area contributed by atoms with Gasteiger partial charge in [-0.2, -0.15) is 0 Å². The van der Waals surface area contributed by atoms with Crippen molar-refractivity contribution in [3.63, 3.8) is 0 Å². The molecule has 2 heterocycles. The third-order valence-electron chi connectivity index (χ3n) is 6.59. The Morgan fingerprint density at radius 2 is 1.78 bits per heavy atom. The van der Waals surface area contributed by atoms with Crippen LogP contribution in [0.15, 0.2) is 72.8 Å². The first-order valence-electron chi connectivity index (χ1n) is 10.5. The minimum Gasteiger partial charge on any atom is -0.493 e. The van der Waals surface area contributed by atoms with Crippen molar-refractivity contribution in [2.24, 2.45) is 0 Å². The molecule has 3 aromatic rings. The van der Waals surface area contributed by atoms with Crippen LogP contribution in [0.25, 0.3) is 6.08 Å². The molecule has 0 aliphatic carbocycles. The minimum absolute atomic E-state index is 0.0279. The predicted octanol–water partition coefficient (Wildman–Crippen LogP) is 5.70. The molecule has 0 bridgehead atoms. The van der Waals surface area contributed by atoms with Gasteiger partial charge >= 0.3 is 0 Å². The van der Waals surface area contributed by atoms with Crippen LogP contribution in [0, 0.1) is 10.1 Å². The Kier molecular flexibility index (Phi) is 4.48. The molecule has 6 nitrogen and oxygen atoms in total. The number of ether oxygens (including phenoxy) is 2. The van der Waals surface area contributed by atoms with Crippen LogP contribution >= 0.6 is 0 Å². The number of hydrogen-bond donors (Lipinski definition) is 0. The second-order valence-corrected chi connectivity index (χ2v) is 8.67. The molecule has 0 aromatic heterocycles. The number of methoxy groups -OCH3 is 1. The fourth-order valence-electron chi connectivity index (χ4n) is 4.89. The number of nitrogens with zero attached hydrogens (tertiary/aromatic N) is 2. The molecule has 2 aliphatic rings. The van der Waals surface area contributed by atoms with E-state index in [4.69, 9.17) is 9.47 Å². The van der Waals surface area contributed by atoms with Crippen molar-refractivity contribution in [2.45, 2.75) is 31.5 Å². The number of non-ortho nitro benzene ring substituents is 1. The molecule has 3 aromatic carbocycles. The second kappa shape index (κ2) is 7.12. The molecule has 1 atom stereocenters. The number of nitro benzene ring substituents is 1. The van der Waals surface area contributed by atoms with E-state index in [1.807, 2.05) is 42.5 Å². The third-order valence-corrected chi connectivity index (χ3v) is 6.59. The van der Waals surface area contributed by atoms with Gasteiger partial charge in [-0.15, -0.1) is 0 Å². The molecular weight excluding hydrogens is 404 g/mol. The normalized spacial score (nSPS) is 19.9. The zero-order valence-corrected chi connectivity index (χ0v) is 18.2. The summed E-state index contributed by atoms with van der Waals surface area (Å²) < 4.78 is 12.3. The average molecular weight is 428 g/mol. The smallest absolute Gasteiger partial charge is 0.274 e. The SMILES string of the molecule is COc1cc([N+](=O)[O-])cc2c1OC1(C=C2)N(Cc2ccccc2)c2ccccc2C1(C)C. The number of fused-ring (bicyclic) bond motifs is 2. The van der Waals surface area contributed by atoms with E-state index in [-0.39, 0.29) is 5.69 Å². The lowest BCUT2D eigenvalue weighted by Gasteiger charge is -2.47. The first-order valence-corrected chi connectivity index (χ1v) is 10.5. The summed E-state index contributed by atoms with van der Waals surface area (Å²) in [6, 6.07) is 21.6. The summed E-state index contributed by atoms with van der Waals surface area (Å²) in [6.07, 6.45) is 3.95. The van der Waals surface area contributed by atoms with Crippen LogP contribution in [-0.4, -0.2) is 17.8 Å². The van der Waals surface area contributed by atoms with Gasteiger partial charge in [0, 0.05) is 23.9 Å². The van der Waals surface area contributed by atoms with E-state index in [1.165, 1.54) is 24.8 Å². The van der Waals surface area contributed by atoms with Crippen LogP contribution in [0.4, 0.5) is 11.4 Å². The Morgan fingerprint density at radius 3 is 2.50 bits per heavy atom. The van der Waals surface area contributed by atoms with E-state index >= 15 is 0 Å². The van der Waals surface area contributed by atoms with Crippen molar-refractivity contribution in [3.8, 4) is 11.5 Å². The molecule has 1 spiro atoms. The number of hydrogen-bond acceptors (Lipinski definition) is 5. The summed E-state index contributed by atoms with van der Waals surface area (Å²) in [5.74, 6) is 0.865. The topological polar surface area (TPSA) is 64.8 Å². The van der Waals surface area contributed by atoms with Crippen molar-refractivity contribution in [1.29, 1.82) is 0 Å². The first-order chi connectivity index (χ1) is 15.4. The molecule has 32 heavy (non-hydrogen) atoms. The minimum atomic E-state index is -0.830. The van der Waals surface area contributed by atoms with Crippen LogP contribution in [0.3, 0.4) is 0 Å². The molecular formula is C26H24N2O4. The van der Waals surface area contributed by atoms with Gasteiger partial charge in [0.05, 0.1) is 23.5 Å². The lowest BCUT2D eigenvalue weighted by atomic mass is 9.76. The summed E-state index contributed by atoms with van der Waals surface area (Å²) >= 11 is 0. The van der Waals surface area contributed by atoms with E-state index < -0.39 is 16.1 Å². The highest BCUT2D eigenvalue weighted by atomic mass is 16.6. The summed E-state index contributed by atoms with van der Waals surface area (Å²) in [5.41, 5.74) is 2.83. The highest BCUT2D eigenvalue weighted by molar-refractivity contribution is 5.75. The van der Waals surface area contributed by atoms with Gasteiger partial charge in [-0.1, -0.05) is 48.5 Å². The molecule has 1 unspecified atom stereocenters. The lowest BCUT2D eigenvalue weighted by molar-refractivity contribution is -0.385. The number of rotatable bonds is 4. The fourth-order valence-corrected chi connectivity index (χ4v) is 4.89. The van der Waals surface area contributed by atoms with E-state index in [2.05, 4.69) is 43.0 Å². The Bertz CT molecular complexity index is 1240. The van der Waals surface area contributed by atoms with Gasteiger partial charge in [-0.3, -0.25) is 10.1 Å². The quantitative estimate of drug-likeness (QED) is 0.394. The monoisotopic (exact) mass is 428 g/mol. The maximum Gasteiger partial charge on any atom is 0.274 e. The van der Waals surface area contributed by atoms with E-state index in [0.29, 0.717) is 23.6 Å². The second-order valence-electron chi connectivity index (χ2n) is 8.67. The van der Waals surface area contributed by atoms with Gasteiger partial charge in [-0.25, -0.2) is 0 Å². The Balaban J connectivity index is 1.69. The lowest BCUT2D eigenvalue weighted by Crippen LogP contribution is -2.59. The van der Waals surface area contributed by atoms with Crippen molar-refractivity contribution in [2.75, 3.05) is 12.0 Å². The van der Waals surface area contributed by atoms with Crippen molar-refractivity contribution in [3.05, 3.63) is 99.6 Å². The fraction of sp³-hybridized carbons (Fsp3) is 0.231. The van der Waals surface area contributed by atoms with E-state index in [0.717, 1.165) is 11.3 Å². The highest BCUT2D eigenvalue weighted by Crippen LogP contribution is 2.56. The van der Waals surface area contributed by atoms with Crippen LogP contribution < -0.4 is 14.4 Å². The number of anilines is 1. The standard InChI is InChI=1S/C26H24N2O4/c1-25(2)21-11-7-8-12-22(21)27(17-18-9-5-4-6-10-18)26(25)14-13-19-15-20(28(29)30)16-23(31-3)24(19)32-26/h4-16H,17H2,1-3H3. The average Bonchev–Trinajstić information content (AvgIpc) is 2.98. The molecule has 5 rings (SSSR count).